The summed E-state index contributed by atoms with van der Waals surface area (Å²) in [6.07, 6.45) is 2.64. The Kier molecular flexibility index (Phi) is 5.64. The normalized spacial score (nSPS) is 13.8. The molecule has 1 aliphatic rings. The molecule has 0 atom stereocenters. The van der Waals surface area contributed by atoms with Crippen LogP contribution >= 0.6 is 0 Å². The van der Waals surface area contributed by atoms with Gasteiger partial charge in [-0.2, -0.15) is 0 Å². The van der Waals surface area contributed by atoms with Crippen molar-refractivity contribution in [2.75, 3.05) is 13.2 Å². The molecule has 2 aromatic rings. The molecule has 26 heavy (non-hydrogen) atoms. The van der Waals surface area contributed by atoms with Gasteiger partial charge >= 0.3 is 0 Å². The lowest BCUT2D eigenvalue weighted by Gasteiger charge is -2.25. The fraction of sp³-hybridized carbons (Fsp3) is 0.524. The summed E-state index contributed by atoms with van der Waals surface area (Å²) in [5.41, 5.74) is 3.27. The molecule has 1 amide bonds. The summed E-state index contributed by atoms with van der Waals surface area (Å²) < 4.78 is 11.5. The predicted octanol–water partition coefficient (Wildman–Crippen LogP) is 3.84. The minimum absolute atomic E-state index is 0.0133. The standard InChI is InChI=1S/C21H28N2O3/c1-14(2)5-8-20-22-18-12-23(10-9-19(18)26-20)21(24)13-25-17-7-6-15(3)16(4)11-17/h6-7,11,14H,5,8-10,12-13H2,1-4H3. The molecule has 0 saturated carbocycles. The maximum absolute atomic E-state index is 12.5. The third-order valence-corrected chi connectivity index (χ3v) is 4.90. The van der Waals surface area contributed by atoms with Gasteiger partial charge in [0, 0.05) is 19.4 Å². The minimum Gasteiger partial charge on any atom is -0.484 e. The van der Waals surface area contributed by atoms with Gasteiger partial charge in [-0.3, -0.25) is 4.79 Å². The number of aryl methyl sites for hydroxylation is 3. The smallest absolute Gasteiger partial charge is 0.260 e. The molecule has 0 unspecified atom stereocenters. The monoisotopic (exact) mass is 356 g/mol. The zero-order valence-corrected chi connectivity index (χ0v) is 16.2. The molecule has 5 nitrogen and oxygen atoms in total. The van der Waals surface area contributed by atoms with E-state index >= 15 is 0 Å². The number of oxazole rings is 1. The molecule has 0 radical (unpaired) electrons. The quantitative estimate of drug-likeness (QED) is 0.789. The van der Waals surface area contributed by atoms with Gasteiger partial charge in [0.2, 0.25) is 0 Å². The number of benzene rings is 1. The summed E-state index contributed by atoms with van der Waals surface area (Å²) in [6, 6.07) is 5.88. The first kappa shape index (κ1) is 18.5. The van der Waals surface area contributed by atoms with Gasteiger partial charge in [0.25, 0.3) is 5.91 Å². The van der Waals surface area contributed by atoms with Crippen molar-refractivity contribution in [2.24, 2.45) is 5.92 Å². The Bertz CT molecular complexity index is 780. The second-order valence-electron chi connectivity index (χ2n) is 7.51. The van der Waals surface area contributed by atoms with Gasteiger partial charge in [-0.05, 0) is 49.4 Å². The second kappa shape index (κ2) is 7.94. The topological polar surface area (TPSA) is 55.6 Å². The van der Waals surface area contributed by atoms with Gasteiger partial charge in [-0.15, -0.1) is 0 Å². The molecule has 0 saturated heterocycles. The number of ether oxygens (including phenoxy) is 1. The minimum atomic E-state index is -0.0133. The van der Waals surface area contributed by atoms with E-state index in [-0.39, 0.29) is 12.5 Å². The Morgan fingerprint density at radius 3 is 2.85 bits per heavy atom. The fourth-order valence-electron chi connectivity index (χ4n) is 3.02. The first-order valence-electron chi connectivity index (χ1n) is 9.37. The van der Waals surface area contributed by atoms with Gasteiger partial charge in [0.05, 0.1) is 6.54 Å². The Hall–Kier alpha value is -2.30. The molecule has 0 spiro atoms. The molecular weight excluding hydrogens is 328 g/mol. The van der Waals surface area contributed by atoms with Crippen molar-refractivity contribution in [3.05, 3.63) is 46.7 Å². The molecule has 0 aliphatic carbocycles. The highest BCUT2D eigenvalue weighted by Gasteiger charge is 2.25. The summed E-state index contributed by atoms with van der Waals surface area (Å²) >= 11 is 0. The molecule has 0 N–H and O–H groups in total. The van der Waals surface area contributed by atoms with Crippen LogP contribution in [-0.4, -0.2) is 28.9 Å². The van der Waals surface area contributed by atoms with E-state index < -0.39 is 0 Å². The number of carbonyl (C=O) groups is 1. The van der Waals surface area contributed by atoms with Crippen molar-refractivity contribution in [3.8, 4) is 5.75 Å². The molecule has 1 aromatic heterocycles. The van der Waals surface area contributed by atoms with Crippen LogP contribution in [0.25, 0.3) is 0 Å². The van der Waals surface area contributed by atoms with Crippen molar-refractivity contribution in [1.29, 1.82) is 0 Å². The van der Waals surface area contributed by atoms with Crippen molar-refractivity contribution in [3.63, 3.8) is 0 Å². The van der Waals surface area contributed by atoms with Crippen LogP contribution < -0.4 is 4.74 Å². The van der Waals surface area contributed by atoms with E-state index in [0.29, 0.717) is 19.0 Å². The average Bonchev–Trinajstić information content (AvgIpc) is 3.02. The molecule has 0 fully saturated rings. The molecule has 1 aromatic carbocycles. The number of hydrogen-bond donors (Lipinski definition) is 0. The number of carbonyl (C=O) groups excluding carboxylic acids is 1. The number of nitrogens with zero attached hydrogens (tertiary/aromatic N) is 2. The van der Waals surface area contributed by atoms with E-state index in [2.05, 4.69) is 25.8 Å². The Morgan fingerprint density at radius 1 is 1.31 bits per heavy atom. The zero-order valence-electron chi connectivity index (χ0n) is 16.2. The van der Waals surface area contributed by atoms with E-state index in [1.807, 2.05) is 25.1 Å². The lowest BCUT2D eigenvalue weighted by Crippen LogP contribution is -2.38. The number of rotatable bonds is 6. The third kappa shape index (κ3) is 4.45. The van der Waals surface area contributed by atoms with Gasteiger partial charge in [0.1, 0.15) is 17.2 Å². The Balaban J connectivity index is 1.55. The summed E-state index contributed by atoms with van der Waals surface area (Å²) in [6.45, 7) is 9.70. The van der Waals surface area contributed by atoms with Crippen LogP contribution in [0.2, 0.25) is 0 Å². The van der Waals surface area contributed by atoms with Crippen LogP contribution in [-0.2, 0) is 24.2 Å². The Labute approximate surface area is 155 Å². The van der Waals surface area contributed by atoms with Crippen LogP contribution in [0.4, 0.5) is 0 Å². The first-order chi connectivity index (χ1) is 12.4. The predicted molar refractivity (Wildman–Crippen MR) is 100 cm³/mol. The van der Waals surface area contributed by atoms with Gasteiger partial charge in [-0.1, -0.05) is 19.9 Å². The summed E-state index contributed by atoms with van der Waals surface area (Å²) in [5.74, 6) is 3.07. The van der Waals surface area contributed by atoms with Crippen LogP contribution in [0.5, 0.6) is 5.75 Å². The van der Waals surface area contributed by atoms with E-state index in [1.54, 1.807) is 4.90 Å². The molecule has 0 bridgehead atoms. The third-order valence-electron chi connectivity index (χ3n) is 4.90. The fourth-order valence-corrected chi connectivity index (χ4v) is 3.02. The highest BCUT2D eigenvalue weighted by Crippen LogP contribution is 2.22. The highest BCUT2D eigenvalue weighted by atomic mass is 16.5. The number of hydrogen-bond acceptors (Lipinski definition) is 4. The molecule has 5 heteroatoms. The lowest BCUT2D eigenvalue weighted by molar-refractivity contribution is -0.134. The second-order valence-corrected chi connectivity index (χ2v) is 7.51. The van der Waals surface area contributed by atoms with Crippen LogP contribution in [0.1, 0.15) is 48.7 Å². The molecule has 2 heterocycles. The van der Waals surface area contributed by atoms with Crippen molar-refractivity contribution >= 4 is 5.91 Å². The summed E-state index contributed by atoms with van der Waals surface area (Å²) in [5, 5.41) is 0. The zero-order chi connectivity index (χ0) is 18.7. The number of aromatic nitrogens is 1. The SMILES string of the molecule is Cc1ccc(OCC(=O)N2CCc3oc(CCC(C)C)nc3C2)cc1C. The van der Waals surface area contributed by atoms with Crippen molar-refractivity contribution in [1.82, 2.24) is 9.88 Å². The maximum atomic E-state index is 12.5. The van der Waals surface area contributed by atoms with E-state index in [1.165, 1.54) is 5.56 Å². The summed E-state index contributed by atoms with van der Waals surface area (Å²) in [7, 11) is 0. The number of amides is 1. The van der Waals surface area contributed by atoms with Crippen LogP contribution in [0, 0.1) is 19.8 Å². The molecule has 140 valence electrons. The maximum Gasteiger partial charge on any atom is 0.260 e. The molecule has 3 rings (SSSR count). The van der Waals surface area contributed by atoms with Gasteiger partial charge in [0.15, 0.2) is 12.5 Å². The van der Waals surface area contributed by atoms with E-state index in [9.17, 15) is 4.79 Å². The van der Waals surface area contributed by atoms with Gasteiger partial charge < -0.3 is 14.1 Å². The summed E-state index contributed by atoms with van der Waals surface area (Å²) in [4.78, 5) is 18.9. The molecular formula is C21H28N2O3. The number of fused-ring (bicyclic) bond motifs is 1. The highest BCUT2D eigenvalue weighted by molar-refractivity contribution is 5.78. The first-order valence-corrected chi connectivity index (χ1v) is 9.37. The molecule has 1 aliphatic heterocycles. The average molecular weight is 356 g/mol. The van der Waals surface area contributed by atoms with E-state index in [0.717, 1.165) is 47.9 Å². The Morgan fingerprint density at radius 2 is 2.12 bits per heavy atom. The van der Waals surface area contributed by atoms with E-state index in [4.69, 9.17) is 9.15 Å². The van der Waals surface area contributed by atoms with Crippen molar-refractivity contribution < 1.29 is 13.9 Å². The van der Waals surface area contributed by atoms with Crippen molar-refractivity contribution in [2.45, 2.75) is 53.5 Å². The lowest BCUT2D eigenvalue weighted by atomic mass is 10.1. The van der Waals surface area contributed by atoms with Crippen LogP contribution in [0.3, 0.4) is 0 Å². The van der Waals surface area contributed by atoms with Gasteiger partial charge in [-0.25, -0.2) is 4.98 Å². The largest absolute Gasteiger partial charge is 0.484 e. The van der Waals surface area contributed by atoms with Crippen LogP contribution in [0.15, 0.2) is 22.6 Å².